The van der Waals surface area contributed by atoms with Crippen molar-refractivity contribution in [3.05, 3.63) is 0 Å². The third kappa shape index (κ3) is 1.27. The van der Waals surface area contributed by atoms with Crippen LogP contribution in [0.2, 0.25) is 0 Å². The summed E-state index contributed by atoms with van der Waals surface area (Å²) < 4.78 is 4.73. The van der Waals surface area contributed by atoms with Crippen LogP contribution in [0.15, 0.2) is 0 Å². The first kappa shape index (κ1) is 6.68. The maximum Gasteiger partial charge on any atom is 0.407 e. The van der Waals surface area contributed by atoms with Gasteiger partial charge in [-0.3, -0.25) is 0 Å². The largest absolute Gasteiger partial charge is 0.444 e. The Morgan fingerprint density at radius 1 is 1.89 bits per heavy atom. The van der Waals surface area contributed by atoms with Crippen molar-refractivity contribution in [1.29, 1.82) is 0 Å². The molecule has 1 heterocycles. The van der Waals surface area contributed by atoms with Gasteiger partial charge in [-0.1, -0.05) is 0 Å². The predicted molar refractivity (Wildman–Crippen MR) is 33.6 cm³/mol. The fourth-order valence-corrected chi connectivity index (χ4v) is 1.05. The minimum Gasteiger partial charge on any atom is -0.444 e. The second-order valence-corrected chi connectivity index (χ2v) is 2.32. The van der Waals surface area contributed by atoms with E-state index >= 15 is 0 Å². The number of carbonyl (C=O) groups is 1. The Morgan fingerprint density at radius 2 is 2.56 bits per heavy atom. The van der Waals surface area contributed by atoms with Crippen LogP contribution in [0.25, 0.3) is 0 Å². The zero-order valence-corrected chi connectivity index (χ0v) is 5.81. The molecule has 3 nitrogen and oxygen atoms in total. The number of halogens is 1. The smallest absolute Gasteiger partial charge is 0.407 e. The van der Waals surface area contributed by atoms with Crippen LogP contribution < -0.4 is 5.32 Å². The Balaban J connectivity index is 2.47. The highest BCUT2D eigenvalue weighted by molar-refractivity contribution is 6.18. The monoisotopic (exact) mass is 149 g/mol. The number of amides is 1. The lowest BCUT2D eigenvalue weighted by molar-refractivity contribution is 0.143. The summed E-state index contributed by atoms with van der Waals surface area (Å²) in [6, 6.07) is -0.0147. The fraction of sp³-hybridized carbons (Fsp3) is 0.800. The van der Waals surface area contributed by atoms with Crippen molar-refractivity contribution in [1.82, 2.24) is 5.32 Å². The zero-order valence-electron chi connectivity index (χ0n) is 5.06. The van der Waals surface area contributed by atoms with Crippen LogP contribution in [0.3, 0.4) is 0 Å². The Kier molecular flexibility index (Phi) is 1.81. The highest BCUT2D eigenvalue weighted by Gasteiger charge is 2.28. The molecule has 0 saturated carbocycles. The van der Waals surface area contributed by atoms with E-state index < -0.39 is 0 Å². The fourth-order valence-electron chi connectivity index (χ4n) is 0.718. The lowest BCUT2D eigenvalue weighted by Crippen LogP contribution is -2.31. The molecule has 1 saturated heterocycles. The van der Waals surface area contributed by atoms with Gasteiger partial charge in [0.25, 0.3) is 0 Å². The Hall–Kier alpha value is -0.440. The number of rotatable bonds is 1. The van der Waals surface area contributed by atoms with Crippen molar-refractivity contribution in [2.75, 3.05) is 5.88 Å². The molecule has 1 N–H and O–H groups in total. The molecule has 0 radical (unpaired) electrons. The standard InChI is InChI=1S/C5H8ClNO2/c1-3-4(2-6)7-5(8)9-3/h3-4H,2H2,1H3,(H,7,8)/t3-,4-/m1/s1. The van der Waals surface area contributed by atoms with Crippen molar-refractivity contribution < 1.29 is 9.53 Å². The van der Waals surface area contributed by atoms with Gasteiger partial charge < -0.3 is 10.1 Å². The molecule has 0 aliphatic carbocycles. The third-order valence-electron chi connectivity index (χ3n) is 1.33. The SMILES string of the molecule is C[C@H]1OC(=O)N[C@@H]1CCl. The van der Waals surface area contributed by atoms with Gasteiger partial charge in [0.2, 0.25) is 0 Å². The van der Waals surface area contributed by atoms with Gasteiger partial charge in [0.1, 0.15) is 6.10 Å². The normalized spacial score (nSPS) is 33.8. The summed E-state index contributed by atoms with van der Waals surface area (Å²) in [5.41, 5.74) is 0. The van der Waals surface area contributed by atoms with Gasteiger partial charge >= 0.3 is 6.09 Å². The molecule has 0 aromatic heterocycles. The third-order valence-corrected chi connectivity index (χ3v) is 1.66. The van der Waals surface area contributed by atoms with Gasteiger partial charge in [0, 0.05) is 5.88 Å². The first-order valence-electron chi connectivity index (χ1n) is 2.77. The highest BCUT2D eigenvalue weighted by Crippen LogP contribution is 2.08. The summed E-state index contributed by atoms with van der Waals surface area (Å²) in [5, 5.41) is 2.56. The quantitative estimate of drug-likeness (QED) is 0.558. The molecule has 1 fully saturated rings. The molecule has 1 aliphatic heterocycles. The number of alkyl carbamates (subject to hydrolysis) is 1. The van der Waals surface area contributed by atoms with Gasteiger partial charge in [0.05, 0.1) is 6.04 Å². The number of hydrogen-bond acceptors (Lipinski definition) is 2. The van der Waals surface area contributed by atoms with Crippen LogP contribution in [0.4, 0.5) is 4.79 Å². The Bertz CT molecular complexity index is 128. The molecule has 9 heavy (non-hydrogen) atoms. The van der Waals surface area contributed by atoms with Crippen molar-refractivity contribution in [3.8, 4) is 0 Å². The van der Waals surface area contributed by atoms with Crippen LogP contribution in [-0.2, 0) is 4.74 Å². The van der Waals surface area contributed by atoms with Crippen molar-refractivity contribution >= 4 is 17.7 Å². The molecule has 52 valence electrons. The summed E-state index contributed by atoms with van der Waals surface area (Å²) >= 11 is 5.47. The summed E-state index contributed by atoms with van der Waals surface area (Å²) in [6.07, 6.45) is -0.455. The molecule has 4 heteroatoms. The van der Waals surface area contributed by atoms with E-state index in [4.69, 9.17) is 16.3 Å². The zero-order chi connectivity index (χ0) is 6.85. The number of nitrogens with one attached hydrogen (secondary N) is 1. The first-order valence-corrected chi connectivity index (χ1v) is 3.30. The molecule has 1 rings (SSSR count). The van der Waals surface area contributed by atoms with E-state index in [1.807, 2.05) is 6.92 Å². The number of cyclic esters (lactones) is 1. The molecular weight excluding hydrogens is 142 g/mol. The summed E-state index contributed by atoms with van der Waals surface area (Å²) in [7, 11) is 0. The number of ether oxygens (including phenoxy) is 1. The second-order valence-electron chi connectivity index (χ2n) is 2.02. The molecule has 2 atom stereocenters. The van der Waals surface area contributed by atoms with Gasteiger partial charge in [0.15, 0.2) is 0 Å². The average Bonchev–Trinajstić information content (AvgIpc) is 2.10. The minimum atomic E-state index is -0.367. The van der Waals surface area contributed by atoms with Crippen LogP contribution in [0.5, 0.6) is 0 Å². The van der Waals surface area contributed by atoms with E-state index in [1.165, 1.54) is 0 Å². The highest BCUT2D eigenvalue weighted by atomic mass is 35.5. The molecule has 1 amide bonds. The van der Waals surface area contributed by atoms with Crippen LogP contribution in [-0.4, -0.2) is 24.1 Å². The minimum absolute atomic E-state index is 0.0147. The van der Waals surface area contributed by atoms with Crippen LogP contribution >= 0.6 is 11.6 Å². The van der Waals surface area contributed by atoms with E-state index in [-0.39, 0.29) is 18.2 Å². The molecule has 0 bridgehead atoms. The maximum absolute atomic E-state index is 10.4. The van der Waals surface area contributed by atoms with Crippen molar-refractivity contribution in [2.24, 2.45) is 0 Å². The molecule has 0 spiro atoms. The second kappa shape index (κ2) is 2.43. The summed E-state index contributed by atoms with van der Waals surface area (Å²) in [4.78, 5) is 10.4. The number of hydrogen-bond donors (Lipinski definition) is 1. The molecular formula is C5H8ClNO2. The lowest BCUT2D eigenvalue weighted by atomic mass is 10.2. The van der Waals surface area contributed by atoms with Crippen LogP contribution in [0.1, 0.15) is 6.92 Å². The van der Waals surface area contributed by atoms with Gasteiger partial charge in [-0.15, -0.1) is 11.6 Å². The number of alkyl halides is 1. The van der Waals surface area contributed by atoms with E-state index in [0.717, 1.165) is 0 Å². The molecule has 0 unspecified atom stereocenters. The molecule has 0 aromatic rings. The summed E-state index contributed by atoms with van der Waals surface area (Å²) in [6.45, 7) is 1.81. The van der Waals surface area contributed by atoms with Crippen LogP contribution in [0, 0.1) is 0 Å². The van der Waals surface area contributed by atoms with E-state index in [0.29, 0.717) is 5.88 Å². The first-order chi connectivity index (χ1) is 4.24. The molecule has 1 aliphatic rings. The van der Waals surface area contributed by atoms with E-state index in [9.17, 15) is 4.79 Å². The molecule has 0 aromatic carbocycles. The Morgan fingerprint density at radius 3 is 2.78 bits per heavy atom. The topological polar surface area (TPSA) is 38.3 Å². The summed E-state index contributed by atoms with van der Waals surface area (Å²) in [5.74, 6) is 0.410. The van der Waals surface area contributed by atoms with Gasteiger partial charge in [-0.25, -0.2) is 4.79 Å². The Labute approximate surface area is 58.3 Å². The van der Waals surface area contributed by atoms with Gasteiger partial charge in [-0.05, 0) is 6.92 Å². The van der Waals surface area contributed by atoms with Crippen molar-refractivity contribution in [2.45, 2.75) is 19.1 Å². The lowest BCUT2D eigenvalue weighted by Gasteiger charge is -2.06. The maximum atomic E-state index is 10.4. The predicted octanol–water partition coefficient (Wildman–Crippen LogP) is 0.722. The van der Waals surface area contributed by atoms with Crippen molar-refractivity contribution in [3.63, 3.8) is 0 Å². The number of carbonyl (C=O) groups excluding carboxylic acids is 1. The average molecular weight is 150 g/mol. The van der Waals surface area contributed by atoms with E-state index in [1.54, 1.807) is 0 Å². The van der Waals surface area contributed by atoms with E-state index in [2.05, 4.69) is 5.32 Å². The van der Waals surface area contributed by atoms with Gasteiger partial charge in [-0.2, -0.15) is 0 Å².